The molecular formula is C15H19N3O2S. The zero-order chi connectivity index (χ0) is 14.7. The highest BCUT2D eigenvalue weighted by Gasteiger charge is 2.46. The molecule has 6 heteroatoms. The number of nitrogens with zero attached hydrogens (tertiary/aromatic N) is 3. The van der Waals surface area contributed by atoms with Crippen LogP contribution in [0.2, 0.25) is 0 Å². The lowest BCUT2D eigenvalue weighted by molar-refractivity contribution is 0.0407. The number of hydrogen-bond donors (Lipinski definition) is 0. The smallest absolute Gasteiger partial charge is 0.122 e. The molecule has 0 N–H and O–H groups in total. The van der Waals surface area contributed by atoms with E-state index in [0.717, 1.165) is 37.4 Å². The molecule has 2 aliphatic rings. The molecule has 0 spiro atoms. The van der Waals surface area contributed by atoms with Crippen molar-refractivity contribution in [2.45, 2.75) is 23.6 Å². The summed E-state index contributed by atoms with van der Waals surface area (Å²) in [6.45, 7) is 2.13. The third-order valence-electron chi connectivity index (χ3n) is 4.63. The van der Waals surface area contributed by atoms with Crippen LogP contribution in [0.4, 0.5) is 0 Å². The van der Waals surface area contributed by atoms with Crippen molar-refractivity contribution in [3.05, 3.63) is 40.3 Å². The van der Waals surface area contributed by atoms with Crippen LogP contribution in [-0.4, -0.2) is 30.8 Å². The quantitative estimate of drug-likeness (QED) is 0.482. The van der Waals surface area contributed by atoms with Gasteiger partial charge in [-0.25, -0.2) is 0 Å². The molecule has 0 amide bonds. The van der Waals surface area contributed by atoms with E-state index in [0.29, 0.717) is 6.61 Å². The molecule has 0 bridgehead atoms. The number of thioether (sulfide) groups is 1. The summed E-state index contributed by atoms with van der Waals surface area (Å²) in [5.74, 6) is 1.02. The normalized spacial score (nSPS) is 27.1. The van der Waals surface area contributed by atoms with Gasteiger partial charge in [-0.2, -0.15) is 11.8 Å². The number of hydrogen-bond acceptors (Lipinski definition) is 4. The van der Waals surface area contributed by atoms with E-state index in [2.05, 4.69) is 16.3 Å². The molecule has 112 valence electrons. The van der Waals surface area contributed by atoms with Gasteiger partial charge < -0.3 is 9.47 Å². The molecule has 2 atom stereocenters. The third kappa shape index (κ3) is 2.59. The van der Waals surface area contributed by atoms with E-state index in [-0.39, 0.29) is 16.7 Å². The van der Waals surface area contributed by atoms with Crippen molar-refractivity contribution in [1.82, 2.24) is 0 Å². The van der Waals surface area contributed by atoms with E-state index in [1.165, 1.54) is 0 Å². The number of para-hydroxylation sites is 1. The van der Waals surface area contributed by atoms with Gasteiger partial charge in [0, 0.05) is 34.4 Å². The summed E-state index contributed by atoms with van der Waals surface area (Å²) in [6.07, 6.45) is 4.09. The molecule has 21 heavy (non-hydrogen) atoms. The highest BCUT2D eigenvalue weighted by molar-refractivity contribution is 8.00. The Morgan fingerprint density at radius 1 is 1.33 bits per heavy atom. The molecular weight excluding hydrogens is 286 g/mol. The maximum Gasteiger partial charge on any atom is 0.122 e. The van der Waals surface area contributed by atoms with Gasteiger partial charge in [-0.3, -0.25) is 0 Å². The Hall–Kier alpha value is -1.36. The summed E-state index contributed by atoms with van der Waals surface area (Å²) in [7, 11) is 0. The minimum Gasteiger partial charge on any atom is -0.493 e. The van der Waals surface area contributed by atoms with Crippen molar-refractivity contribution >= 4 is 11.8 Å². The fraction of sp³-hybridized carbons (Fsp3) is 0.600. The Kier molecular flexibility index (Phi) is 4.29. The van der Waals surface area contributed by atoms with E-state index >= 15 is 0 Å². The summed E-state index contributed by atoms with van der Waals surface area (Å²) < 4.78 is 11.5. The van der Waals surface area contributed by atoms with Crippen LogP contribution in [0.25, 0.3) is 10.4 Å². The molecule has 3 rings (SSSR count). The minimum absolute atomic E-state index is 0.0602. The molecule has 1 fully saturated rings. The lowest BCUT2D eigenvalue weighted by Gasteiger charge is -2.46. The van der Waals surface area contributed by atoms with Gasteiger partial charge in [0.15, 0.2) is 0 Å². The van der Waals surface area contributed by atoms with Crippen molar-refractivity contribution in [3.8, 4) is 5.75 Å². The first-order valence-electron chi connectivity index (χ1n) is 7.19. The van der Waals surface area contributed by atoms with Crippen molar-refractivity contribution in [1.29, 1.82) is 0 Å². The molecule has 1 saturated heterocycles. The van der Waals surface area contributed by atoms with Gasteiger partial charge in [-0.15, -0.1) is 0 Å². The van der Waals surface area contributed by atoms with Crippen LogP contribution < -0.4 is 4.74 Å². The highest BCUT2D eigenvalue weighted by Crippen LogP contribution is 2.50. The van der Waals surface area contributed by atoms with Gasteiger partial charge in [0.25, 0.3) is 0 Å². The van der Waals surface area contributed by atoms with Gasteiger partial charge in [0.2, 0.25) is 0 Å². The Balaban J connectivity index is 2.00. The molecule has 2 heterocycles. The first kappa shape index (κ1) is 14.6. The zero-order valence-corrected chi connectivity index (χ0v) is 12.9. The Morgan fingerprint density at radius 3 is 2.81 bits per heavy atom. The Bertz CT molecular complexity index is 554. The topological polar surface area (TPSA) is 67.2 Å². The van der Waals surface area contributed by atoms with Crippen LogP contribution in [0.3, 0.4) is 0 Å². The molecule has 0 aromatic heterocycles. The van der Waals surface area contributed by atoms with Crippen LogP contribution in [-0.2, 0) is 4.74 Å². The van der Waals surface area contributed by atoms with E-state index in [1.54, 1.807) is 0 Å². The van der Waals surface area contributed by atoms with E-state index in [4.69, 9.17) is 15.0 Å². The second kappa shape index (κ2) is 6.18. The van der Waals surface area contributed by atoms with Gasteiger partial charge in [0.05, 0.1) is 12.6 Å². The number of ether oxygens (including phenoxy) is 2. The second-order valence-corrected chi connectivity index (χ2v) is 6.71. The summed E-state index contributed by atoms with van der Waals surface area (Å²) in [5.41, 5.74) is 10.0. The summed E-state index contributed by atoms with van der Waals surface area (Å²) in [6, 6.07) is 7.71. The van der Waals surface area contributed by atoms with E-state index in [9.17, 15) is 0 Å². The highest BCUT2D eigenvalue weighted by atomic mass is 32.2. The molecule has 1 aromatic carbocycles. The van der Waals surface area contributed by atoms with E-state index < -0.39 is 0 Å². The second-order valence-electron chi connectivity index (χ2n) is 5.49. The zero-order valence-electron chi connectivity index (χ0n) is 12.1. The third-order valence-corrected chi connectivity index (χ3v) is 6.16. The monoisotopic (exact) mass is 305 g/mol. The van der Waals surface area contributed by atoms with Crippen molar-refractivity contribution in [2.24, 2.45) is 11.0 Å². The SMILES string of the molecule is CSC1(C2COc3ccccc3C2N=[N+]=[N-])CCOCC1. The van der Waals surface area contributed by atoms with Crippen LogP contribution in [0, 0.1) is 5.92 Å². The Labute approximate surface area is 128 Å². The predicted octanol–water partition coefficient (Wildman–Crippen LogP) is 3.96. The number of benzene rings is 1. The fourth-order valence-electron chi connectivity index (χ4n) is 3.42. The largest absolute Gasteiger partial charge is 0.493 e. The maximum atomic E-state index is 9.00. The minimum atomic E-state index is -0.162. The maximum absolute atomic E-state index is 9.00. The molecule has 5 nitrogen and oxygen atoms in total. The molecule has 1 aromatic rings. The van der Waals surface area contributed by atoms with Crippen LogP contribution in [0.5, 0.6) is 5.75 Å². The number of azide groups is 1. The molecule has 2 aliphatic heterocycles. The molecule has 0 saturated carbocycles. The van der Waals surface area contributed by atoms with Crippen LogP contribution >= 0.6 is 11.8 Å². The van der Waals surface area contributed by atoms with Gasteiger partial charge in [-0.05, 0) is 30.7 Å². The van der Waals surface area contributed by atoms with Crippen molar-refractivity contribution in [2.75, 3.05) is 26.1 Å². The number of fused-ring (bicyclic) bond motifs is 1. The van der Waals surface area contributed by atoms with Crippen LogP contribution in [0.15, 0.2) is 29.4 Å². The molecule has 2 unspecified atom stereocenters. The number of rotatable bonds is 3. The summed E-state index contributed by atoms with van der Waals surface area (Å²) in [4.78, 5) is 3.10. The van der Waals surface area contributed by atoms with E-state index in [1.807, 2.05) is 36.0 Å². The average Bonchev–Trinajstić information content (AvgIpc) is 2.56. The molecule has 0 radical (unpaired) electrons. The lowest BCUT2D eigenvalue weighted by atomic mass is 9.77. The molecule has 0 aliphatic carbocycles. The fourth-order valence-corrected chi connectivity index (χ4v) is 4.50. The first-order valence-corrected chi connectivity index (χ1v) is 8.42. The average molecular weight is 305 g/mol. The summed E-state index contributed by atoms with van der Waals surface area (Å²) in [5, 5.41) is 4.12. The van der Waals surface area contributed by atoms with Crippen molar-refractivity contribution < 1.29 is 9.47 Å². The lowest BCUT2D eigenvalue weighted by Crippen LogP contribution is -2.46. The Morgan fingerprint density at radius 2 is 2.10 bits per heavy atom. The van der Waals surface area contributed by atoms with Gasteiger partial charge in [0.1, 0.15) is 5.75 Å². The van der Waals surface area contributed by atoms with Gasteiger partial charge >= 0.3 is 0 Å². The first-order chi connectivity index (χ1) is 10.3. The van der Waals surface area contributed by atoms with Gasteiger partial charge in [-0.1, -0.05) is 23.3 Å². The predicted molar refractivity (Wildman–Crippen MR) is 83.6 cm³/mol. The summed E-state index contributed by atoms with van der Waals surface area (Å²) >= 11 is 1.86. The van der Waals surface area contributed by atoms with Crippen LogP contribution in [0.1, 0.15) is 24.4 Å². The standard InChI is InChI=1S/C15H19N3O2S/c1-21-15(6-8-19-9-7-15)12-10-20-13-5-3-2-4-11(13)14(12)17-18-16/h2-5,12,14H,6-10H2,1H3. The van der Waals surface area contributed by atoms with Crippen molar-refractivity contribution in [3.63, 3.8) is 0 Å².